The molecule has 1 fully saturated rings. The third-order valence-corrected chi connectivity index (χ3v) is 2.79. The van der Waals surface area contributed by atoms with Gasteiger partial charge in [-0.15, -0.1) is 0 Å². The maximum atomic E-state index is 13.7. The highest BCUT2D eigenvalue weighted by atomic mass is 19.1. The van der Waals surface area contributed by atoms with Gasteiger partial charge in [-0.05, 0) is 37.6 Å². The van der Waals surface area contributed by atoms with Gasteiger partial charge in [-0.25, -0.2) is 4.39 Å². The Morgan fingerprint density at radius 2 is 2.41 bits per heavy atom. The van der Waals surface area contributed by atoms with E-state index in [0.717, 1.165) is 25.0 Å². The van der Waals surface area contributed by atoms with Crippen molar-refractivity contribution < 1.29 is 13.9 Å². The van der Waals surface area contributed by atoms with Gasteiger partial charge in [-0.1, -0.05) is 6.07 Å². The molecular formula is C13H18FNO2. The minimum Gasteiger partial charge on any atom is -0.485 e. The number of benzene rings is 1. The van der Waals surface area contributed by atoms with E-state index in [9.17, 15) is 4.39 Å². The molecule has 1 aliphatic heterocycles. The van der Waals surface area contributed by atoms with Crippen molar-refractivity contribution in [1.82, 2.24) is 5.32 Å². The van der Waals surface area contributed by atoms with Gasteiger partial charge in [0.05, 0.1) is 6.61 Å². The molecule has 1 heterocycles. The molecule has 94 valence electrons. The molecule has 3 nitrogen and oxygen atoms in total. The maximum Gasteiger partial charge on any atom is 0.165 e. The van der Waals surface area contributed by atoms with Crippen molar-refractivity contribution in [3.63, 3.8) is 0 Å². The lowest BCUT2D eigenvalue weighted by atomic mass is 10.1. The summed E-state index contributed by atoms with van der Waals surface area (Å²) in [6, 6.07) is 5.07. The van der Waals surface area contributed by atoms with Crippen molar-refractivity contribution in [3.05, 3.63) is 29.6 Å². The van der Waals surface area contributed by atoms with E-state index in [1.54, 1.807) is 6.07 Å². The first-order valence-electron chi connectivity index (χ1n) is 5.97. The van der Waals surface area contributed by atoms with Gasteiger partial charge in [0.2, 0.25) is 0 Å². The van der Waals surface area contributed by atoms with E-state index in [-0.39, 0.29) is 11.9 Å². The summed E-state index contributed by atoms with van der Waals surface area (Å²) in [6.45, 7) is 1.99. The minimum atomic E-state index is -0.302. The van der Waals surface area contributed by atoms with Crippen LogP contribution >= 0.6 is 0 Å². The summed E-state index contributed by atoms with van der Waals surface area (Å²) in [5, 5.41) is 2.98. The second kappa shape index (κ2) is 5.98. The SMILES string of the molecule is CNCc1ccc(OC2CCCOC2)c(F)c1. The lowest BCUT2D eigenvalue weighted by molar-refractivity contribution is 0.00587. The zero-order valence-corrected chi connectivity index (χ0v) is 10.0. The third-order valence-electron chi connectivity index (χ3n) is 2.79. The fraction of sp³-hybridized carbons (Fsp3) is 0.538. The fourth-order valence-electron chi connectivity index (χ4n) is 1.94. The highest BCUT2D eigenvalue weighted by molar-refractivity contribution is 5.29. The number of rotatable bonds is 4. The molecule has 1 atom stereocenters. The molecule has 1 aliphatic rings. The second-order valence-electron chi connectivity index (χ2n) is 4.25. The summed E-state index contributed by atoms with van der Waals surface area (Å²) in [6.07, 6.45) is 1.88. The van der Waals surface area contributed by atoms with Crippen LogP contribution in [0.25, 0.3) is 0 Å². The smallest absolute Gasteiger partial charge is 0.165 e. The van der Waals surface area contributed by atoms with Crippen molar-refractivity contribution in [1.29, 1.82) is 0 Å². The van der Waals surface area contributed by atoms with Gasteiger partial charge in [0, 0.05) is 13.2 Å². The third kappa shape index (κ3) is 3.41. The number of nitrogens with one attached hydrogen (secondary N) is 1. The van der Waals surface area contributed by atoms with Crippen LogP contribution in [-0.4, -0.2) is 26.4 Å². The van der Waals surface area contributed by atoms with E-state index < -0.39 is 0 Å². The molecule has 0 aliphatic carbocycles. The Bertz CT molecular complexity index is 364. The molecule has 0 saturated carbocycles. The zero-order valence-electron chi connectivity index (χ0n) is 10.0. The second-order valence-corrected chi connectivity index (χ2v) is 4.25. The number of hydrogen-bond acceptors (Lipinski definition) is 3. The van der Waals surface area contributed by atoms with E-state index in [0.29, 0.717) is 18.9 Å². The van der Waals surface area contributed by atoms with Gasteiger partial charge in [0.15, 0.2) is 11.6 Å². The Morgan fingerprint density at radius 3 is 3.06 bits per heavy atom. The van der Waals surface area contributed by atoms with Crippen molar-refractivity contribution in [2.24, 2.45) is 0 Å². The van der Waals surface area contributed by atoms with Crippen LogP contribution in [0.4, 0.5) is 4.39 Å². The normalized spacial score (nSPS) is 20.2. The van der Waals surface area contributed by atoms with Gasteiger partial charge >= 0.3 is 0 Å². The molecule has 1 aromatic carbocycles. The van der Waals surface area contributed by atoms with Crippen molar-refractivity contribution >= 4 is 0 Å². The molecule has 1 saturated heterocycles. The van der Waals surface area contributed by atoms with Crippen LogP contribution in [0, 0.1) is 5.82 Å². The molecule has 4 heteroatoms. The minimum absolute atomic E-state index is 0.0200. The molecule has 0 bridgehead atoms. The van der Waals surface area contributed by atoms with Crippen molar-refractivity contribution in [2.45, 2.75) is 25.5 Å². The first kappa shape index (κ1) is 12.3. The predicted octanol–water partition coefficient (Wildman–Crippen LogP) is 2.10. The molecule has 0 aromatic heterocycles. The van der Waals surface area contributed by atoms with E-state index in [1.165, 1.54) is 6.07 Å². The first-order valence-corrected chi connectivity index (χ1v) is 5.97. The van der Waals surface area contributed by atoms with Crippen LogP contribution < -0.4 is 10.1 Å². The standard InChI is InChI=1S/C13H18FNO2/c1-15-8-10-4-5-13(12(14)7-10)17-11-3-2-6-16-9-11/h4-5,7,11,15H,2-3,6,8-9H2,1H3. The summed E-state index contributed by atoms with van der Waals surface area (Å²) in [5.74, 6) is 0.0173. The highest BCUT2D eigenvalue weighted by Gasteiger charge is 2.17. The van der Waals surface area contributed by atoms with E-state index in [2.05, 4.69) is 5.32 Å². The Kier molecular flexibility index (Phi) is 4.34. The van der Waals surface area contributed by atoms with Gasteiger partial charge < -0.3 is 14.8 Å². The van der Waals surface area contributed by atoms with Crippen LogP contribution in [0.2, 0.25) is 0 Å². The maximum absolute atomic E-state index is 13.7. The molecule has 0 spiro atoms. The Hall–Kier alpha value is -1.13. The largest absolute Gasteiger partial charge is 0.485 e. The summed E-state index contributed by atoms with van der Waals surface area (Å²) in [5.41, 5.74) is 0.914. The van der Waals surface area contributed by atoms with Gasteiger partial charge in [-0.2, -0.15) is 0 Å². The number of halogens is 1. The van der Waals surface area contributed by atoms with Crippen LogP contribution in [-0.2, 0) is 11.3 Å². The quantitative estimate of drug-likeness (QED) is 0.873. The topological polar surface area (TPSA) is 30.5 Å². The molecule has 1 aromatic rings. The van der Waals surface area contributed by atoms with E-state index >= 15 is 0 Å². The van der Waals surface area contributed by atoms with Crippen LogP contribution in [0.15, 0.2) is 18.2 Å². The molecular weight excluding hydrogens is 221 g/mol. The molecule has 2 rings (SSSR count). The average molecular weight is 239 g/mol. The van der Waals surface area contributed by atoms with Crippen LogP contribution in [0.5, 0.6) is 5.75 Å². The summed E-state index contributed by atoms with van der Waals surface area (Å²) in [7, 11) is 1.84. The number of hydrogen-bond donors (Lipinski definition) is 1. The Balaban J connectivity index is 2.00. The Labute approximate surface area is 101 Å². The molecule has 1 N–H and O–H groups in total. The Morgan fingerprint density at radius 1 is 1.53 bits per heavy atom. The summed E-state index contributed by atoms with van der Waals surface area (Å²) >= 11 is 0. The van der Waals surface area contributed by atoms with Gasteiger partial charge in [0.1, 0.15) is 6.10 Å². The van der Waals surface area contributed by atoms with Crippen molar-refractivity contribution in [3.8, 4) is 5.75 Å². The van der Waals surface area contributed by atoms with Gasteiger partial charge in [0.25, 0.3) is 0 Å². The highest BCUT2D eigenvalue weighted by Crippen LogP contribution is 2.22. The van der Waals surface area contributed by atoms with Crippen LogP contribution in [0.3, 0.4) is 0 Å². The molecule has 0 amide bonds. The van der Waals surface area contributed by atoms with Gasteiger partial charge in [-0.3, -0.25) is 0 Å². The van der Waals surface area contributed by atoms with Crippen molar-refractivity contribution in [2.75, 3.05) is 20.3 Å². The lowest BCUT2D eigenvalue weighted by Crippen LogP contribution is -2.28. The molecule has 0 radical (unpaired) electrons. The zero-order chi connectivity index (χ0) is 12.1. The number of ether oxygens (including phenoxy) is 2. The summed E-state index contributed by atoms with van der Waals surface area (Å²) in [4.78, 5) is 0. The fourth-order valence-corrected chi connectivity index (χ4v) is 1.94. The molecule has 17 heavy (non-hydrogen) atoms. The van der Waals surface area contributed by atoms with E-state index in [4.69, 9.17) is 9.47 Å². The monoisotopic (exact) mass is 239 g/mol. The lowest BCUT2D eigenvalue weighted by Gasteiger charge is -2.23. The molecule has 1 unspecified atom stereocenters. The average Bonchev–Trinajstić information content (AvgIpc) is 2.34. The first-order chi connectivity index (χ1) is 8.29. The van der Waals surface area contributed by atoms with Crippen LogP contribution in [0.1, 0.15) is 18.4 Å². The van der Waals surface area contributed by atoms with E-state index in [1.807, 2.05) is 13.1 Å². The summed E-state index contributed by atoms with van der Waals surface area (Å²) < 4.78 is 24.6. The predicted molar refractivity (Wildman–Crippen MR) is 63.6 cm³/mol.